The number of aromatic nitrogens is 3. The Balaban J connectivity index is 2.11. The standard InChI is InChI=1S/C19H25N3O5S/c1-13(23)27-11-10-26-12-22-18(20-16(21-22)17(24)25-5)28-15-8-6-14(7-9-15)19(2,3)4/h6-9H,10-12H2,1-5H3. The fourth-order valence-electron chi connectivity index (χ4n) is 2.19. The fraction of sp³-hybridized carbons (Fsp3) is 0.474. The van der Waals surface area contributed by atoms with Crippen LogP contribution in [0.15, 0.2) is 34.3 Å². The molecular formula is C19H25N3O5S. The van der Waals surface area contributed by atoms with E-state index in [0.717, 1.165) is 4.90 Å². The fourth-order valence-corrected chi connectivity index (χ4v) is 3.00. The molecule has 1 aromatic heterocycles. The zero-order valence-electron chi connectivity index (χ0n) is 16.7. The minimum absolute atomic E-state index is 0.0418. The van der Waals surface area contributed by atoms with Gasteiger partial charge < -0.3 is 14.2 Å². The number of methoxy groups -OCH3 is 1. The summed E-state index contributed by atoms with van der Waals surface area (Å²) in [7, 11) is 1.27. The SMILES string of the molecule is COC(=O)c1nc(Sc2ccc(C(C)(C)C)cc2)n(COCCOC(C)=O)n1. The minimum atomic E-state index is -0.622. The van der Waals surface area contributed by atoms with Gasteiger partial charge in [-0.05, 0) is 23.1 Å². The van der Waals surface area contributed by atoms with E-state index in [4.69, 9.17) is 14.2 Å². The second-order valence-electron chi connectivity index (χ2n) is 6.96. The van der Waals surface area contributed by atoms with Gasteiger partial charge in [0.15, 0.2) is 5.16 Å². The van der Waals surface area contributed by atoms with Crippen molar-refractivity contribution in [2.24, 2.45) is 0 Å². The Morgan fingerprint density at radius 3 is 2.39 bits per heavy atom. The Kier molecular flexibility index (Phi) is 7.59. The monoisotopic (exact) mass is 407 g/mol. The smallest absolute Gasteiger partial charge is 0.377 e. The third kappa shape index (κ3) is 6.35. The lowest BCUT2D eigenvalue weighted by molar-refractivity contribution is -0.143. The van der Waals surface area contributed by atoms with Crippen molar-refractivity contribution in [2.45, 2.75) is 49.9 Å². The molecule has 0 amide bonds. The Morgan fingerprint density at radius 2 is 1.82 bits per heavy atom. The van der Waals surface area contributed by atoms with Crippen LogP contribution in [0.1, 0.15) is 43.9 Å². The topological polar surface area (TPSA) is 92.5 Å². The van der Waals surface area contributed by atoms with Crippen molar-refractivity contribution < 1.29 is 23.8 Å². The van der Waals surface area contributed by atoms with E-state index >= 15 is 0 Å². The summed E-state index contributed by atoms with van der Waals surface area (Å²) < 4.78 is 16.4. The van der Waals surface area contributed by atoms with E-state index in [-0.39, 0.29) is 37.2 Å². The van der Waals surface area contributed by atoms with Crippen molar-refractivity contribution in [3.63, 3.8) is 0 Å². The molecule has 2 rings (SSSR count). The number of ether oxygens (including phenoxy) is 3. The van der Waals surface area contributed by atoms with Crippen LogP contribution in [0, 0.1) is 0 Å². The first kappa shape index (κ1) is 21.9. The van der Waals surface area contributed by atoms with E-state index < -0.39 is 5.97 Å². The van der Waals surface area contributed by atoms with Crippen LogP contribution in [0.2, 0.25) is 0 Å². The highest BCUT2D eigenvalue weighted by Gasteiger charge is 2.19. The number of carbonyl (C=O) groups excluding carboxylic acids is 2. The molecule has 1 heterocycles. The van der Waals surface area contributed by atoms with Gasteiger partial charge >= 0.3 is 11.9 Å². The number of esters is 2. The second kappa shape index (κ2) is 9.70. The molecule has 0 aliphatic heterocycles. The molecule has 0 aliphatic carbocycles. The lowest BCUT2D eigenvalue weighted by Crippen LogP contribution is -2.12. The maximum Gasteiger partial charge on any atom is 0.377 e. The molecule has 152 valence electrons. The first-order valence-corrected chi connectivity index (χ1v) is 9.55. The molecule has 0 bridgehead atoms. The average molecular weight is 407 g/mol. The minimum Gasteiger partial charge on any atom is -0.463 e. The molecule has 9 heteroatoms. The molecule has 0 radical (unpaired) electrons. The molecule has 1 aromatic carbocycles. The Morgan fingerprint density at radius 1 is 1.14 bits per heavy atom. The van der Waals surface area contributed by atoms with Gasteiger partial charge in [0.1, 0.15) is 13.3 Å². The summed E-state index contributed by atoms with van der Waals surface area (Å²) in [5, 5.41) is 4.64. The molecule has 0 aliphatic rings. The van der Waals surface area contributed by atoms with Crippen molar-refractivity contribution in [1.82, 2.24) is 14.8 Å². The number of nitrogens with zero attached hydrogens (tertiary/aromatic N) is 3. The normalized spacial score (nSPS) is 11.3. The molecular weight excluding hydrogens is 382 g/mol. The number of rotatable bonds is 8. The van der Waals surface area contributed by atoms with Crippen LogP contribution in [0.5, 0.6) is 0 Å². The number of hydrogen-bond donors (Lipinski definition) is 0. The third-order valence-corrected chi connectivity index (χ3v) is 4.67. The van der Waals surface area contributed by atoms with Crippen molar-refractivity contribution in [2.75, 3.05) is 20.3 Å². The van der Waals surface area contributed by atoms with E-state index in [9.17, 15) is 9.59 Å². The van der Waals surface area contributed by atoms with Crippen LogP contribution >= 0.6 is 11.8 Å². The Labute approximate surface area is 168 Å². The highest BCUT2D eigenvalue weighted by atomic mass is 32.2. The summed E-state index contributed by atoms with van der Waals surface area (Å²) in [6, 6.07) is 8.15. The van der Waals surface area contributed by atoms with Gasteiger partial charge in [0.2, 0.25) is 0 Å². The van der Waals surface area contributed by atoms with Crippen molar-refractivity contribution in [1.29, 1.82) is 0 Å². The van der Waals surface area contributed by atoms with Gasteiger partial charge in [0, 0.05) is 11.8 Å². The first-order valence-electron chi connectivity index (χ1n) is 8.73. The quantitative estimate of drug-likeness (QED) is 0.487. The average Bonchev–Trinajstić information content (AvgIpc) is 3.03. The largest absolute Gasteiger partial charge is 0.463 e. The summed E-state index contributed by atoms with van der Waals surface area (Å²) in [5.41, 5.74) is 1.29. The zero-order valence-corrected chi connectivity index (χ0v) is 17.5. The summed E-state index contributed by atoms with van der Waals surface area (Å²) in [4.78, 5) is 27.7. The van der Waals surface area contributed by atoms with Gasteiger partial charge in [-0.2, -0.15) is 4.98 Å². The van der Waals surface area contributed by atoms with Gasteiger partial charge in [-0.15, -0.1) is 5.10 Å². The predicted molar refractivity (Wildman–Crippen MR) is 103 cm³/mol. The molecule has 0 saturated heterocycles. The summed E-state index contributed by atoms with van der Waals surface area (Å²) in [6.07, 6.45) is 0. The highest BCUT2D eigenvalue weighted by molar-refractivity contribution is 7.99. The summed E-state index contributed by atoms with van der Waals surface area (Å²) in [6.45, 7) is 8.21. The van der Waals surface area contributed by atoms with Crippen LogP contribution in [0.3, 0.4) is 0 Å². The second-order valence-corrected chi connectivity index (χ2v) is 8.00. The highest BCUT2D eigenvalue weighted by Crippen LogP contribution is 2.29. The van der Waals surface area contributed by atoms with Gasteiger partial charge in [-0.1, -0.05) is 44.7 Å². The number of carbonyl (C=O) groups is 2. The third-order valence-electron chi connectivity index (χ3n) is 3.68. The summed E-state index contributed by atoms with van der Waals surface area (Å²) in [5.74, 6) is -1.03. The lowest BCUT2D eigenvalue weighted by atomic mass is 9.87. The van der Waals surface area contributed by atoms with Crippen LogP contribution < -0.4 is 0 Å². The maximum absolute atomic E-state index is 11.8. The molecule has 0 atom stereocenters. The zero-order chi connectivity index (χ0) is 20.7. The van der Waals surface area contributed by atoms with Crippen molar-refractivity contribution in [3.05, 3.63) is 35.7 Å². The van der Waals surface area contributed by atoms with E-state index in [1.54, 1.807) is 0 Å². The Bertz CT molecular complexity index is 812. The molecule has 0 N–H and O–H groups in total. The molecule has 0 unspecified atom stereocenters. The van der Waals surface area contributed by atoms with Crippen LogP contribution in [0.25, 0.3) is 0 Å². The molecule has 8 nitrogen and oxygen atoms in total. The van der Waals surface area contributed by atoms with Gasteiger partial charge in [0.25, 0.3) is 5.82 Å². The molecule has 0 fully saturated rings. The van der Waals surface area contributed by atoms with Gasteiger partial charge in [-0.3, -0.25) is 4.79 Å². The summed E-state index contributed by atoms with van der Waals surface area (Å²) >= 11 is 1.37. The molecule has 0 spiro atoms. The maximum atomic E-state index is 11.8. The van der Waals surface area contributed by atoms with Gasteiger partial charge in [-0.25, -0.2) is 9.48 Å². The predicted octanol–water partition coefficient (Wildman–Crippen LogP) is 3.05. The first-order chi connectivity index (χ1) is 13.2. The van der Waals surface area contributed by atoms with Crippen molar-refractivity contribution in [3.8, 4) is 0 Å². The van der Waals surface area contributed by atoms with Crippen LogP contribution in [-0.2, 0) is 31.2 Å². The van der Waals surface area contributed by atoms with Crippen molar-refractivity contribution >= 4 is 23.7 Å². The Hall–Kier alpha value is -2.39. The van der Waals surface area contributed by atoms with Crippen LogP contribution in [0.4, 0.5) is 0 Å². The number of benzene rings is 1. The van der Waals surface area contributed by atoms with E-state index in [2.05, 4.69) is 43.0 Å². The number of hydrogen-bond acceptors (Lipinski definition) is 8. The van der Waals surface area contributed by atoms with E-state index in [1.807, 2.05) is 12.1 Å². The lowest BCUT2D eigenvalue weighted by Gasteiger charge is -2.19. The molecule has 0 saturated carbocycles. The van der Waals surface area contributed by atoms with E-state index in [0.29, 0.717) is 5.16 Å². The van der Waals surface area contributed by atoms with E-state index in [1.165, 1.54) is 36.0 Å². The van der Waals surface area contributed by atoms with Crippen LogP contribution in [-0.4, -0.2) is 47.0 Å². The molecule has 28 heavy (non-hydrogen) atoms. The molecule has 2 aromatic rings. The van der Waals surface area contributed by atoms with Gasteiger partial charge in [0.05, 0.1) is 13.7 Å².